The fraction of sp³-hybridized carbons (Fsp3) is 0.417. The first-order valence-corrected chi connectivity index (χ1v) is 13.9. The van der Waals surface area contributed by atoms with E-state index in [9.17, 15) is 13.2 Å². The van der Waals surface area contributed by atoms with Gasteiger partial charge in [-0.15, -0.1) is 0 Å². The number of likely N-dealkylation sites (N-methyl/N-ethyl adjacent to an activating group) is 1. The Morgan fingerprint density at radius 1 is 1.03 bits per heavy atom. The fourth-order valence-electron chi connectivity index (χ4n) is 3.53. The SMILES string of the molecule is CCN(CC)CCN(C(=O)CCS(=O)(=O)c1ccc(C)cc1)c1nc2c(C)ccc(Cl)c2s1. The minimum Gasteiger partial charge on any atom is -0.302 e. The minimum atomic E-state index is -3.56. The zero-order valence-electron chi connectivity index (χ0n) is 19.5. The summed E-state index contributed by atoms with van der Waals surface area (Å²) in [6.45, 7) is 10.8. The Kier molecular flexibility index (Phi) is 8.50. The lowest BCUT2D eigenvalue weighted by molar-refractivity contribution is -0.118. The Bertz CT molecular complexity index is 1180. The quantitative estimate of drug-likeness (QED) is 0.381. The number of halogens is 1. The lowest BCUT2D eigenvalue weighted by atomic mass is 10.2. The summed E-state index contributed by atoms with van der Waals surface area (Å²) in [5, 5.41) is 1.14. The van der Waals surface area contributed by atoms with Crippen LogP contribution in [-0.2, 0) is 14.6 Å². The molecule has 9 heteroatoms. The van der Waals surface area contributed by atoms with Gasteiger partial charge in [-0.05, 0) is 50.7 Å². The Balaban J connectivity index is 1.86. The normalized spacial score (nSPS) is 11.9. The van der Waals surface area contributed by atoms with Crippen LogP contribution in [-0.4, -0.2) is 56.1 Å². The van der Waals surface area contributed by atoms with Crippen molar-refractivity contribution in [1.29, 1.82) is 0 Å². The molecule has 0 radical (unpaired) electrons. The summed E-state index contributed by atoms with van der Waals surface area (Å²) < 4.78 is 26.4. The van der Waals surface area contributed by atoms with Gasteiger partial charge in [0.25, 0.3) is 0 Å². The predicted octanol–water partition coefficient (Wildman–Crippen LogP) is 5.11. The van der Waals surface area contributed by atoms with Crippen molar-refractivity contribution in [3.63, 3.8) is 0 Å². The molecule has 1 aromatic heterocycles. The van der Waals surface area contributed by atoms with Crippen LogP contribution >= 0.6 is 22.9 Å². The number of benzene rings is 2. The highest BCUT2D eigenvalue weighted by atomic mass is 35.5. The number of anilines is 1. The highest BCUT2D eigenvalue weighted by molar-refractivity contribution is 7.91. The monoisotopic (exact) mass is 507 g/mol. The lowest BCUT2D eigenvalue weighted by Gasteiger charge is -2.24. The second kappa shape index (κ2) is 11.0. The number of rotatable bonds is 10. The van der Waals surface area contributed by atoms with E-state index in [1.807, 2.05) is 26.0 Å². The van der Waals surface area contributed by atoms with Crippen molar-refractivity contribution in [2.45, 2.75) is 39.0 Å². The molecule has 0 aliphatic heterocycles. The van der Waals surface area contributed by atoms with Crippen LogP contribution in [0.15, 0.2) is 41.3 Å². The molecule has 0 unspecified atom stereocenters. The van der Waals surface area contributed by atoms with Crippen LogP contribution in [0.1, 0.15) is 31.4 Å². The smallest absolute Gasteiger partial charge is 0.229 e. The molecule has 1 heterocycles. The molecule has 0 aliphatic carbocycles. The first-order chi connectivity index (χ1) is 15.7. The van der Waals surface area contributed by atoms with E-state index in [0.717, 1.165) is 34.4 Å². The number of thiazole rings is 1. The molecule has 3 rings (SSSR count). The number of aryl methyl sites for hydroxylation is 2. The molecule has 1 amide bonds. The van der Waals surface area contributed by atoms with Gasteiger partial charge in [0, 0.05) is 19.5 Å². The van der Waals surface area contributed by atoms with Gasteiger partial charge in [-0.3, -0.25) is 9.69 Å². The first kappa shape index (κ1) is 25.6. The van der Waals surface area contributed by atoms with Gasteiger partial charge in [-0.1, -0.05) is 60.5 Å². The van der Waals surface area contributed by atoms with Crippen LogP contribution < -0.4 is 4.90 Å². The maximum Gasteiger partial charge on any atom is 0.229 e. The molecule has 3 aromatic rings. The number of sulfone groups is 1. The summed E-state index contributed by atoms with van der Waals surface area (Å²) in [7, 11) is -3.56. The summed E-state index contributed by atoms with van der Waals surface area (Å²) in [6.07, 6.45) is -0.114. The molecule has 0 N–H and O–H groups in total. The Hall–Kier alpha value is -2.00. The molecule has 0 saturated carbocycles. The van der Waals surface area contributed by atoms with Crippen molar-refractivity contribution in [3.8, 4) is 0 Å². The maximum atomic E-state index is 13.3. The maximum absolute atomic E-state index is 13.3. The van der Waals surface area contributed by atoms with E-state index in [4.69, 9.17) is 16.6 Å². The molecule has 0 atom stereocenters. The van der Waals surface area contributed by atoms with Gasteiger partial charge in [-0.25, -0.2) is 13.4 Å². The van der Waals surface area contributed by atoms with Crippen LogP contribution in [0.4, 0.5) is 5.13 Å². The molecular weight excluding hydrogens is 478 g/mol. The molecule has 6 nitrogen and oxygen atoms in total. The van der Waals surface area contributed by atoms with Gasteiger partial charge < -0.3 is 4.90 Å². The number of nitrogens with zero attached hydrogens (tertiary/aromatic N) is 3. The molecule has 178 valence electrons. The third-order valence-electron chi connectivity index (χ3n) is 5.72. The van der Waals surface area contributed by atoms with E-state index in [1.54, 1.807) is 29.2 Å². The Morgan fingerprint density at radius 2 is 1.70 bits per heavy atom. The van der Waals surface area contributed by atoms with Gasteiger partial charge in [0.1, 0.15) is 0 Å². The van der Waals surface area contributed by atoms with Gasteiger partial charge in [0.15, 0.2) is 15.0 Å². The van der Waals surface area contributed by atoms with Crippen molar-refractivity contribution in [3.05, 3.63) is 52.5 Å². The van der Waals surface area contributed by atoms with Crippen molar-refractivity contribution < 1.29 is 13.2 Å². The van der Waals surface area contributed by atoms with E-state index in [1.165, 1.54) is 11.3 Å². The molecular formula is C24H30ClN3O3S2. The van der Waals surface area contributed by atoms with Crippen molar-refractivity contribution in [1.82, 2.24) is 9.88 Å². The average Bonchev–Trinajstić information content (AvgIpc) is 3.24. The van der Waals surface area contributed by atoms with Crippen LogP contribution in [0.2, 0.25) is 5.02 Å². The Morgan fingerprint density at radius 3 is 2.30 bits per heavy atom. The standard InChI is InChI=1S/C24H30ClN3O3S2/c1-5-27(6-2)14-15-28(24-26-22-18(4)9-12-20(25)23(22)32-24)21(29)13-16-33(30,31)19-10-7-17(3)8-11-19/h7-12H,5-6,13-16H2,1-4H3. The van der Waals surface area contributed by atoms with E-state index in [-0.39, 0.29) is 23.0 Å². The van der Waals surface area contributed by atoms with Crippen LogP contribution in [0.5, 0.6) is 0 Å². The molecule has 2 aromatic carbocycles. The highest BCUT2D eigenvalue weighted by Crippen LogP contribution is 2.35. The molecule has 33 heavy (non-hydrogen) atoms. The molecule has 0 saturated heterocycles. The number of amides is 1. The van der Waals surface area contributed by atoms with Gasteiger partial charge in [0.05, 0.1) is 25.9 Å². The molecule has 0 fully saturated rings. The summed E-state index contributed by atoms with van der Waals surface area (Å²) in [5.41, 5.74) is 2.74. The second-order valence-electron chi connectivity index (χ2n) is 7.99. The van der Waals surface area contributed by atoms with Crippen LogP contribution in [0.3, 0.4) is 0 Å². The number of hydrogen-bond acceptors (Lipinski definition) is 6. The third kappa shape index (κ3) is 6.12. The molecule has 0 aliphatic rings. The van der Waals surface area contributed by atoms with E-state index < -0.39 is 9.84 Å². The number of carbonyl (C=O) groups is 1. The summed E-state index contributed by atoms with van der Waals surface area (Å²) in [4.78, 5) is 22.1. The van der Waals surface area contributed by atoms with E-state index in [2.05, 4.69) is 18.7 Å². The third-order valence-corrected chi connectivity index (χ3v) is 8.99. The van der Waals surface area contributed by atoms with Crippen LogP contribution in [0.25, 0.3) is 10.2 Å². The number of hydrogen-bond donors (Lipinski definition) is 0. The van der Waals surface area contributed by atoms with E-state index in [0.29, 0.717) is 23.2 Å². The summed E-state index contributed by atoms with van der Waals surface area (Å²) in [5.74, 6) is -0.507. The van der Waals surface area contributed by atoms with Crippen molar-refractivity contribution >= 4 is 54.0 Å². The zero-order chi connectivity index (χ0) is 24.2. The first-order valence-electron chi connectivity index (χ1n) is 11.0. The largest absolute Gasteiger partial charge is 0.302 e. The minimum absolute atomic E-state index is 0.114. The predicted molar refractivity (Wildman–Crippen MR) is 137 cm³/mol. The van der Waals surface area contributed by atoms with Gasteiger partial charge >= 0.3 is 0 Å². The summed E-state index contributed by atoms with van der Waals surface area (Å²) >= 11 is 7.75. The number of aromatic nitrogens is 1. The number of fused-ring (bicyclic) bond motifs is 1. The van der Waals surface area contributed by atoms with Crippen molar-refractivity contribution in [2.24, 2.45) is 0 Å². The summed E-state index contributed by atoms with van der Waals surface area (Å²) in [6, 6.07) is 10.4. The fourth-order valence-corrected chi connectivity index (χ4v) is 6.12. The topological polar surface area (TPSA) is 70.6 Å². The molecule has 0 spiro atoms. The van der Waals surface area contributed by atoms with Crippen molar-refractivity contribution in [2.75, 3.05) is 36.8 Å². The van der Waals surface area contributed by atoms with Gasteiger partial charge in [-0.2, -0.15) is 0 Å². The number of carbonyl (C=O) groups excluding carboxylic acids is 1. The molecule has 0 bridgehead atoms. The zero-order valence-corrected chi connectivity index (χ0v) is 21.9. The lowest BCUT2D eigenvalue weighted by Crippen LogP contribution is -2.39. The Labute approximate surface area is 205 Å². The average molecular weight is 508 g/mol. The second-order valence-corrected chi connectivity index (χ2v) is 11.5. The van der Waals surface area contributed by atoms with Crippen LogP contribution in [0, 0.1) is 13.8 Å². The highest BCUT2D eigenvalue weighted by Gasteiger charge is 2.24. The van der Waals surface area contributed by atoms with E-state index >= 15 is 0 Å². The van der Waals surface area contributed by atoms with Gasteiger partial charge in [0.2, 0.25) is 5.91 Å².